The number of allylic oxidation sites excluding steroid dienone is 1. The lowest BCUT2D eigenvalue weighted by Gasteiger charge is -2.37. The number of methoxy groups -OCH3 is 2. The molecule has 7 rings (SSSR count). The molecule has 0 spiro atoms. The van der Waals surface area contributed by atoms with Gasteiger partial charge >= 0.3 is 12.1 Å². The molecule has 17 heteroatoms. The van der Waals surface area contributed by atoms with Crippen molar-refractivity contribution in [1.29, 1.82) is 0 Å². The van der Waals surface area contributed by atoms with E-state index in [2.05, 4.69) is 11.5 Å². The van der Waals surface area contributed by atoms with E-state index in [4.69, 9.17) is 33.3 Å². The number of hydroxylamine groups is 2. The van der Waals surface area contributed by atoms with Crippen LogP contribution in [0.5, 0.6) is 34.5 Å². The fourth-order valence-electron chi connectivity index (χ4n) is 6.80. The molecule has 0 atom stereocenters. The third-order valence-corrected chi connectivity index (χ3v) is 9.54. The Kier molecular flexibility index (Phi) is 9.94. The summed E-state index contributed by atoms with van der Waals surface area (Å²) in [6.45, 7) is 8.50. The second kappa shape index (κ2) is 14.9. The SMILES string of the molecule is C=C1CCC(=O)N1OC(=O)CCCN1CCOc2cc3c(cc21)Oc1cc2c(cc1N3C(=O)OCc1cc(OC)c(OC)cc1[N+](=O)[O-])OCCN2CC. The number of fused-ring (bicyclic) bond motifs is 4. The van der Waals surface area contributed by atoms with Gasteiger partial charge in [0.1, 0.15) is 31.3 Å². The van der Waals surface area contributed by atoms with E-state index in [1.165, 1.54) is 31.3 Å². The number of hydrogen-bond acceptors (Lipinski definition) is 14. The van der Waals surface area contributed by atoms with E-state index >= 15 is 0 Å². The summed E-state index contributed by atoms with van der Waals surface area (Å²) in [6, 6.07) is 9.59. The summed E-state index contributed by atoms with van der Waals surface area (Å²) in [4.78, 5) is 60.9. The van der Waals surface area contributed by atoms with Gasteiger partial charge in [0, 0.05) is 50.2 Å². The van der Waals surface area contributed by atoms with Gasteiger partial charge in [-0.2, -0.15) is 0 Å². The Morgan fingerprint density at radius 2 is 1.48 bits per heavy atom. The molecule has 17 nitrogen and oxygen atoms in total. The smallest absolute Gasteiger partial charge is 0.419 e. The topological polar surface area (TPSA) is 172 Å². The van der Waals surface area contributed by atoms with E-state index in [0.717, 1.165) is 17.3 Å². The molecular weight excluding hydrogens is 706 g/mol. The van der Waals surface area contributed by atoms with Crippen molar-refractivity contribution < 1.29 is 52.6 Å². The van der Waals surface area contributed by atoms with Gasteiger partial charge in [-0.05, 0) is 25.8 Å². The molecule has 0 aromatic heterocycles. The number of carbonyl (C=O) groups is 3. The highest BCUT2D eigenvalue weighted by Crippen LogP contribution is 2.54. The molecule has 1 fully saturated rings. The minimum Gasteiger partial charge on any atom is -0.493 e. The van der Waals surface area contributed by atoms with Crippen LogP contribution in [-0.2, 0) is 25.8 Å². The molecule has 0 radical (unpaired) electrons. The lowest BCUT2D eigenvalue weighted by atomic mass is 10.1. The number of rotatable bonds is 11. The standard InChI is InChI=1S/C37H39N5O12/c1-5-38-11-13-50-29-19-27-31(17-25(29)38)53-32-18-26-30(51-14-12-39(26)10-6-7-36(44)54-41-22(2)8-9-35(41)43)20-28(32)40(27)37(45)52-21-23-15-33(48-3)34(49-4)16-24(23)42(46)47/h15-20H,2,5-14,21H2,1,3-4H3. The molecule has 0 saturated carbocycles. The normalized spacial score (nSPS) is 15.5. The van der Waals surface area contributed by atoms with Crippen LogP contribution in [0.2, 0.25) is 0 Å². The van der Waals surface area contributed by atoms with Crippen molar-refractivity contribution in [3.05, 3.63) is 64.4 Å². The number of nitro benzene ring substituents is 1. The van der Waals surface area contributed by atoms with Gasteiger partial charge in [0.2, 0.25) is 0 Å². The van der Waals surface area contributed by atoms with Crippen molar-refractivity contribution in [1.82, 2.24) is 5.06 Å². The number of anilines is 4. The average Bonchev–Trinajstić information content (AvgIpc) is 3.48. The molecule has 0 aliphatic carbocycles. The van der Waals surface area contributed by atoms with Gasteiger partial charge in [-0.1, -0.05) is 6.58 Å². The van der Waals surface area contributed by atoms with Crippen molar-refractivity contribution in [3.63, 3.8) is 0 Å². The Morgan fingerprint density at radius 1 is 0.870 bits per heavy atom. The van der Waals surface area contributed by atoms with E-state index in [1.807, 2.05) is 17.9 Å². The fraction of sp³-hybridized carbons (Fsp3) is 0.378. The second-order valence-corrected chi connectivity index (χ2v) is 12.7. The minimum absolute atomic E-state index is 0.0670. The maximum Gasteiger partial charge on any atom is 0.419 e. The van der Waals surface area contributed by atoms with Crippen molar-refractivity contribution in [3.8, 4) is 34.5 Å². The summed E-state index contributed by atoms with van der Waals surface area (Å²) in [5.74, 6) is 1.28. The summed E-state index contributed by atoms with van der Waals surface area (Å²) in [7, 11) is 2.77. The van der Waals surface area contributed by atoms with E-state index in [-0.39, 0.29) is 41.5 Å². The number of hydrogen-bond donors (Lipinski definition) is 0. The molecule has 3 aromatic rings. The zero-order valence-electron chi connectivity index (χ0n) is 30.1. The predicted octanol–water partition coefficient (Wildman–Crippen LogP) is 5.98. The molecule has 4 aliphatic heterocycles. The van der Waals surface area contributed by atoms with E-state index in [9.17, 15) is 24.5 Å². The highest BCUT2D eigenvalue weighted by atomic mass is 16.7. The monoisotopic (exact) mass is 745 g/mol. The summed E-state index contributed by atoms with van der Waals surface area (Å²) < 4.78 is 34.9. The largest absolute Gasteiger partial charge is 0.493 e. The Morgan fingerprint density at radius 3 is 2.07 bits per heavy atom. The molecule has 54 heavy (non-hydrogen) atoms. The van der Waals surface area contributed by atoms with Crippen LogP contribution in [-0.4, -0.2) is 81.6 Å². The maximum atomic E-state index is 14.2. The zero-order chi connectivity index (χ0) is 38.1. The first-order chi connectivity index (χ1) is 26.1. The van der Waals surface area contributed by atoms with Crippen molar-refractivity contribution >= 4 is 46.4 Å². The summed E-state index contributed by atoms with van der Waals surface area (Å²) in [5, 5.41) is 12.9. The van der Waals surface area contributed by atoms with Crippen LogP contribution in [0.4, 0.5) is 33.2 Å². The Bertz CT molecular complexity index is 2020. The average molecular weight is 746 g/mol. The van der Waals surface area contributed by atoms with E-state index < -0.39 is 23.6 Å². The van der Waals surface area contributed by atoms with Crippen LogP contribution >= 0.6 is 0 Å². The minimum atomic E-state index is -0.835. The van der Waals surface area contributed by atoms with E-state index in [1.54, 1.807) is 18.2 Å². The number of carbonyl (C=O) groups excluding carboxylic acids is 3. The number of benzene rings is 3. The van der Waals surface area contributed by atoms with Crippen LogP contribution in [0, 0.1) is 10.1 Å². The summed E-state index contributed by atoms with van der Waals surface area (Å²) >= 11 is 0. The van der Waals surface area contributed by atoms with Crippen molar-refractivity contribution in [2.24, 2.45) is 0 Å². The van der Waals surface area contributed by atoms with Gasteiger partial charge in [0.05, 0.1) is 72.3 Å². The van der Waals surface area contributed by atoms with Crippen LogP contribution in [0.15, 0.2) is 48.7 Å². The van der Waals surface area contributed by atoms with Gasteiger partial charge in [-0.3, -0.25) is 14.9 Å². The molecule has 284 valence electrons. The predicted molar refractivity (Wildman–Crippen MR) is 193 cm³/mol. The van der Waals surface area contributed by atoms with Crippen LogP contribution in [0.3, 0.4) is 0 Å². The first-order valence-electron chi connectivity index (χ1n) is 17.5. The first kappa shape index (κ1) is 36.0. The van der Waals surface area contributed by atoms with Crippen molar-refractivity contribution in [2.75, 3.05) is 68.3 Å². The summed E-state index contributed by atoms with van der Waals surface area (Å²) in [5.41, 5.74) is 2.39. The van der Waals surface area contributed by atoms with Gasteiger partial charge in [0.15, 0.2) is 23.0 Å². The second-order valence-electron chi connectivity index (χ2n) is 12.7. The van der Waals surface area contributed by atoms with E-state index in [0.29, 0.717) is 91.4 Å². The number of amides is 2. The van der Waals surface area contributed by atoms with Crippen LogP contribution in [0.1, 0.15) is 38.2 Å². The third kappa shape index (κ3) is 6.79. The molecular formula is C37H39N5O12. The van der Waals surface area contributed by atoms with Gasteiger partial charge < -0.3 is 43.1 Å². The number of ether oxygens (including phenoxy) is 6. The lowest BCUT2D eigenvalue weighted by Crippen LogP contribution is -2.35. The quantitative estimate of drug-likeness (QED) is 0.166. The first-order valence-corrected chi connectivity index (χ1v) is 17.5. The molecule has 0 N–H and O–H groups in total. The summed E-state index contributed by atoms with van der Waals surface area (Å²) in [6.07, 6.45) is 0.371. The molecule has 1 saturated heterocycles. The fourth-order valence-corrected chi connectivity index (χ4v) is 6.80. The molecule has 3 aromatic carbocycles. The highest BCUT2D eigenvalue weighted by Gasteiger charge is 2.36. The lowest BCUT2D eigenvalue weighted by molar-refractivity contribution is -0.385. The molecule has 4 heterocycles. The number of likely N-dealkylation sites (N-methyl/N-ethyl adjacent to an activating group) is 1. The van der Waals surface area contributed by atoms with Gasteiger partial charge in [-0.25, -0.2) is 14.5 Å². The Balaban J connectivity index is 1.18. The molecule has 0 unspecified atom stereocenters. The zero-order valence-corrected chi connectivity index (χ0v) is 30.1. The Hall–Kier alpha value is -6.39. The van der Waals surface area contributed by atoms with Crippen molar-refractivity contribution in [2.45, 2.75) is 39.2 Å². The molecule has 2 amide bonds. The third-order valence-electron chi connectivity index (χ3n) is 9.54. The van der Waals surface area contributed by atoms with Gasteiger partial charge in [-0.15, -0.1) is 5.06 Å². The number of nitro groups is 1. The number of nitrogens with zero attached hydrogens (tertiary/aromatic N) is 5. The van der Waals surface area contributed by atoms with Crippen LogP contribution in [0.25, 0.3) is 0 Å². The maximum absolute atomic E-state index is 14.2. The molecule has 4 aliphatic rings. The highest BCUT2D eigenvalue weighted by molar-refractivity contribution is 6.02. The molecule has 0 bridgehead atoms. The Labute approximate surface area is 310 Å². The van der Waals surface area contributed by atoms with Crippen LogP contribution < -0.4 is 38.4 Å². The van der Waals surface area contributed by atoms with Gasteiger partial charge in [0.25, 0.3) is 11.6 Å².